The molecule has 6 heteroatoms. The van der Waals surface area contributed by atoms with Gasteiger partial charge in [0.15, 0.2) is 0 Å². The van der Waals surface area contributed by atoms with E-state index in [1.54, 1.807) is 18.2 Å². The summed E-state index contributed by atoms with van der Waals surface area (Å²) in [6.07, 6.45) is 3.25. The molecule has 0 spiro atoms. The lowest BCUT2D eigenvalue weighted by atomic mass is 10.2. The van der Waals surface area contributed by atoms with E-state index in [1.165, 1.54) is 18.6 Å². The number of hydrogen-bond donors (Lipinski definition) is 2. The van der Waals surface area contributed by atoms with Gasteiger partial charge in [-0.15, -0.1) is 0 Å². The van der Waals surface area contributed by atoms with Gasteiger partial charge in [-0.05, 0) is 29.3 Å². The minimum absolute atomic E-state index is 0.0123. The Bertz CT molecular complexity index is 834. The lowest BCUT2D eigenvalue weighted by Gasteiger charge is -2.33. The van der Waals surface area contributed by atoms with Crippen LogP contribution in [0, 0.1) is 0 Å². The van der Waals surface area contributed by atoms with Crippen molar-refractivity contribution in [3.63, 3.8) is 0 Å². The number of amides is 2. The summed E-state index contributed by atoms with van der Waals surface area (Å²) in [6.45, 7) is 5.20. The Morgan fingerprint density at radius 3 is 2.62 bits per heavy atom. The number of hydrogen-bond acceptors (Lipinski definition) is 4. The summed E-state index contributed by atoms with van der Waals surface area (Å²) >= 11 is 0. The number of rotatable bonds is 7. The summed E-state index contributed by atoms with van der Waals surface area (Å²) in [5, 5.41) is 5.62. The number of anilines is 1. The van der Waals surface area contributed by atoms with Crippen molar-refractivity contribution in [1.82, 2.24) is 10.2 Å². The van der Waals surface area contributed by atoms with Gasteiger partial charge in [-0.2, -0.15) is 0 Å². The predicted molar refractivity (Wildman–Crippen MR) is 114 cm³/mol. The third-order valence-corrected chi connectivity index (χ3v) is 4.63. The Kier molecular flexibility index (Phi) is 7.55. The standard InChI is InChI=1S/C23H27N3O3/c1-18(27)25-21-10-7-19(8-11-21)9-12-23(28)24-15-22-17-26(13-14-29-22)16-20-5-3-2-4-6-20/h2-12,22H,13-17H2,1H3,(H,24,28)(H,25,27)/b12-9+. The van der Waals surface area contributed by atoms with Gasteiger partial charge in [-0.3, -0.25) is 14.5 Å². The largest absolute Gasteiger partial charge is 0.374 e. The van der Waals surface area contributed by atoms with Gasteiger partial charge < -0.3 is 15.4 Å². The van der Waals surface area contributed by atoms with Crippen molar-refractivity contribution >= 4 is 23.6 Å². The highest BCUT2D eigenvalue weighted by Crippen LogP contribution is 2.11. The van der Waals surface area contributed by atoms with Crippen molar-refractivity contribution < 1.29 is 14.3 Å². The number of ether oxygens (including phenoxy) is 1. The number of nitrogens with zero attached hydrogens (tertiary/aromatic N) is 1. The summed E-state index contributed by atoms with van der Waals surface area (Å²) in [6, 6.07) is 17.7. The van der Waals surface area contributed by atoms with E-state index in [2.05, 4.69) is 27.7 Å². The van der Waals surface area contributed by atoms with Crippen LogP contribution in [0.1, 0.15) is 18.1 Å². The molecule has 2 amide bonds. The zero-order valence-electron chi connectivity index (χ0n) is 16.6. The van der Waals surface area contributed by atoms with Crippen molar-refractivity contribution in [2.75, 3.05) is 31.6 Å². The monoisotopic (exact) mass is 393 g/mol. The second-order valence-corrected chi connectivity index (χ2v) is 7.10. The summed E-state index contributed by atoms with van der Waals surface area (Å²) in [4.78, 5) is 25.5. The van der Waals surface area contributed by atoms with Gasteiger partial charge in [0.1, 0.15) is 0 Å². The molecule has 1 heterocycles. The first-order chi connectivity index (χ1) is 14.1. The maximum atomic E-state index is 12.1. The fraction of sp³-hybridized carbons (Fsp3) is 0.304. The molecule has 6 nitrogen and oxygen atoms in total. The maximum absolute atomic E-state index is 12.1. The molecular weight excluding hydrogens is 366 g/mol. The van der Waals surface area contributed by atoms with E-state index in [9.17, 15) is 9.59 Å². The third kappa shape index (κ3) is 7.18. The first-order valence-electron chi connectivity index (χ1n) is 9.80. The van der Waals surface area contributed by atoms with Crippen LogP contribution in [-0.2, 0) is 20.9 Å². The van der Waals surface area contributed by atoms with Crippen LogP contribution in [0.2, 0.25) is 0 Å². The van der Waals surface area contributed by atoms with Gasteiger partial charge in [0.25, 0.3) is 0 Å². The molecule has 29 heavy (non-hydrogen) atoms. The molecule has 1 atom stereocenters. The number of benzene rings is 2. The smallest absolute Gasteiger partial charge is 0.244 e. The van der Waals surface area contributed by atoms with E-state index in [4.69, 9.17) is 4.74 Å². The molecule has 0 aliphatic carbocycles. The Hall–Kier alpha value is -2.96. The van der Waals surface area contributed by atoms with E-state index in [0.717, 1.165) is 30.9 Å². The summed E-state index contributed by atoms with van der Waals surface area (Å²) < 4.78 is 5.79. The molecule has 1 saturated heterocycles. The van der Waals surface area contributed by atoms with E-state index in [1.807, 2.05) is 30.3 Å². The normalized spacial score (nSPS) is 17.2. The summed E-state index contributed by atoms with van der Waals surface area (Å²) in [7, 11) is 0. The fourth-order valence-corrected chi connectivity index (χ4v) is 3.22. The zero-order chi connectivity index (χ0) is 20.5. The van der Waals surface area contributed by atoms with Gasteiger partial charge in [-0.1, -0.05) is 42.5 Å². The van der Waals surface area contributed by atoms with Crippen molar-refractivity contribution in [2.45, 2.75) is 19.6 Å². The second-order valence-electron chi connectivity index (χ2n) is 7.10. The minimum Gasteiger partial charge on any atom is -0.374 e. The first kappa shape index (κ1) is 20.8. The molecule has 2 N–H and O–H groups in total. The van der Waals surface area contributed by atoms with E-state index >= 15 is 0 Å². The highest BCUT2D eigenvalue weighted by Gasteiger charge is 2.20. The molecule has 2 aromatic rings. The van der Waals surface area contributed by atoms with Crippen LogP contribution in [0.4, 0.5) is 5.69 Å². The average molecular weight is 393 g/mol. The van der Waals surface area contributed by atoms with Crippen molar-refractivity contribution in [3.05, 3.63) is 71.8 Å². The molecule has 152 valence electrons. The molecule has 1 aliphatic rings. The molecule has 3 rings (SSSR count). The number of carbonyl (C=O) groups excluding carboxylic acids is 2. The Morgan fingerprint density at radius 2 is 1.90 bits per heavy atom. The van der Waals surface area contributed by atoms with Crippen molar-refractivity contribution in [1.29, 1.82) is 0 Å². The Morgan fingerprint density at radius 1 is 1.14 bits per heavy atom. The highest BCUT2D eigenvalue weighted by atomic mass is 16.5. The highest BCUT2D eigenvalue weighted by molar-refractivity contribution is 5.92. The minimum atomic E-state index is -0.153. The first-order valence-corrected chi connectivity index (χ1v) is 9.80. The van der Waals surface area contributed by atoms with Gasteiger partial charge in [-0.25, -0.2) is 0 Å². The van der Waals surface area contributed by atoms with Crippen LogP contribution in [0.15, 0.2) is 60.7 Å². The van der Waals surface area contributed by atoms with Crippen LogP contribution < -0.4 is 10.6 Å². The third-order valence-electron chi connectivity index (χ3n) is 4.63. The van der Waals surface area contributed by atoms with E-state index in [0.29, 0.717) is 13.2 Å². The van der Waals surface area contributed by atoms with Gasteiger partial charge in [0.2, 0.25) is 11.8 Å². The molecule has 0 radical (unpaired) electrons. The molecule has 2 aromatic carbocycles. The maximum Gasteiger partial charge on any atom is 0.244 e. The average Bonchev–Trinajstić information content (AvgIpc) is 2.72. The number of nitrogens with one attached hydrogen (secondary N) is 2. The molecule has 0 aromatic heterocycles. The topological polar surface area (TPSA) is 70.7 Å². The van der Waals surface area contributed by atoms with Gasteiger partial charge in [0, 0.05) is 44.9 Å². The lowest BCUT2D eigenvalue weighted by molar-refractivity contribution is -0.117. The Balaban J connectivity index is 1.42. The van der Waals surface area contributed by atoms with Crippen LogP contribution in [0.25, 0.3) is 6.08 Å². The molecule has 0 bridgehead atoms. The molecule has 1 aliphatic heterocycles. The molecule has 1 fully saturated rings. The molecule has 0 saturated carbocycles. The van der Waals surface area contributed by atoms with Crippen LogP contribution in [0.5, 0.6) is 0 Å². The van der Waals surface area contributed by atoms with Gasteiger partial charge >= 0.3 is 0 Å². The predicted octanol–water partition coefficient (Wildman–Crippen LogP) is 2.68. The molecule has 1 unspecified atom stereocenters. The quantitative estimate of drug-likeness (QED) is 0.710. The van der Waals surface area contributed by atoms with E-state index < -0.39 is 0 Å². The van der Waals surface area contributed by atoms with E-state index in [-0.39, 0.29) is 17.9 Å². The second kappa shape index (κ2) is 10.5. The van der Waals surface area contributed by atoms with Crippen LogP contribution >= 0.6 is 0 Å². The SMILES string of the molecule is CC(=O)Nc1ccc(/C=C/C(=O)NCC2CN(Cc3ccccc3)CCO2)cc1. The van der Waals surface area contributed by atoms with Crippen molar-refractivity contribution in [3.8, 4) is 0 Å². The van der Waals surface area contributed by atoms with Gasteiger partial charge in [0.05, 0.1) is 12.7 Å². The molecular formula is C23H27N3O3. The summed E-state index contributed by atoms with van der Waals surface area (Å²) in [5.74, 6) is -0.264. The Labute approximate surface area is 171 Å². The van der Waals surface area contributed by atoms with Crippen LogP contribution in [-0.4, -0.2) is 49.1 Å². The lowest BCUT2D eigenvalue weighted by Crippen LogP contribution is -2.46. The summed E-state index contributed by atoms with van der Waals surface area (Å²) in [5.41, 5.74) is 2.90. The zero-order valence-corrected chi connectivity index (χ0v) is 16.6. The van der Waals surface area contributed by atoms with Crippen LogP contribution in [0.3, 0.4) is 0 Å². The fourth-order valence-electron chi connectivity index (χ4n) is 3.22. The number of carbonyl (C=O) groups is 2. The van der Waals surface area contributed by atoms with Crippen molar-refractivity contribution in [2.24, 2.45) is 0 Å². The number of morpholine rings is 1.